The molecule has 2 heterocycles. The molecule has 1 fully saturated rings. The lowest BCUT2D eigenvalue weighted by atomic mass is 10.1. The topological polar surface area (TPSA) is 60.9 Å². The number of imide groups is 1. The van der Waals surface area contributed by atoms with Crippen molar-refractivity contribution in [3.8, 4) is 0 Å². The maximum atomic E-state index is 13.7. The minimum Gasteiger partial charge on any atom is -0.358 e. The number of anilines is 2. The minimum absolute atomic E-state index is 0.384. The highest BCUT2D eigenvalue weighted by atomic mass is 79.9. The van der Waals surface area contributed by atoms with Crippen LogP contribution in [-0.4, -0.2) is 17.0 Å². The fourth-order valence-electron chi connectivity index (χ4n) is 3.65. The van der Waals surface area contributed by atoms with Crippen LogP contribution in [0.3, 0.4) is 0 Å². The van der Waals surface area contributed by atoms with E-state index in [1.165, 1.54) is 11.3 Å². The van der Waals surface area contributed by atoms with E-state index in [1.807, 2.05) is 24.3 Å². The van der Waals surface area contributed by atoms with Gasteiger partial charge in [-0.1, -0.05) is 50.1 Å². The lowest BCUT2D eigenvalue weighted by Crippen LogP contribution is -2.46. The summed E-state index contributed by atoms with van der Waals surface area (Å²) in [5, 5.41) is 12.8. The Morgan fingerprint density at radius 1 is 0.806 bits per heavy atom. The fourth-order valence-corrected chi connectivity index (χ4v) is 5.32. The number of rotatable bonds is 3. The van der Waals surface area contributed by atoms with E-state index < -0.39 is 17.7 Å². The normalized spacial score (nSPS) is 18.9. The van der Waals surface area contributed by atoms with Crippen molar-refractivity contribution in [1.29, 1.82) is 0 Å². The molecule has 1 saturated heterocycles. The second kappa shape index (κ2) is 7.56. The van der Waals surface area contributed by atoms with Gasteiger partial charge in [-0.2, -0.15) is 0 Å². The smallest absolute Gasteiger partial charge is 0.339 e. The Balaban J connectivity index is 1.72. The molecule has 5 rings (SSSR count). The summed E-state index contributed by atoms with van der Waals surface area (Å²) in [5.74, 6) is -0.714. The molecule has 1 aliphatic heterocycles. The predicted molar refractivity (Wildman–Crippen MR) is 129 cm³/mol. The molecule has 1 aromatic heterocycles. The van der Waals surface area contributed by atoms with Gasteiger partial charge in [-0.3, -0.25) is 9.69 Å². The molecule has 0 aliphatic carbocycles. The summed E-state index contributed by atoms with van der Waals surface area (Å²) in [6.45, 7) is 0. The summed E-state index contributed by atoms with van der Waals surface area (Å²) in [4.78, 5) is 29.8. The molecule has 1 N–H and O–H groups in total. The zero-order valence-corrected chi connectivity index (χ0v) is 19.8. The first-order valence-electron chi connectivity index (χ1n) is 9.31. The number of hydrogen-bond acceptors (Lipinski definition) is 4. The number of thiophene rings is 1. The van der Waals surface area contributed by atoms with Gasteiger partial charge in [0.15, 0.2) is 0 Å². The van der Waals surface area contributed by atoms with Crippen LogP contribution in [0.2, 0.25) is 0 Å². The molecular formula is C23H14Br2N2O3S. The Hall–Kier alpha value is -2.52. The van der Waals surface area contributed by atoms with Gasteiger partial charge in [0.05, 0.1) is 10.6 Å². The Labute approximate surface area is 198 Å². The van der Waals surface area contributed by atoms with Crippen molar-refractivity contribution in [3.05, 3.63) is 92.7 Å². The molecule has 4 aromatic rings. The Kier molecular flexibility index (Phi) is 4.97. The van der Waals surface area contributed by atoms with Crippen molar-refractivity contribution < 1.29 is 14.7 Å². The van der Waals surface area contributed by atoms with Gasteiger partial charge in [0.25, 0.3) is 11.6 Å². The molecule has 154 valence electrons. The number of amides is 3. The van der Waals surface area contributed by atoms with E-state index in [9.17, 15) is 14.7 Å². The highest BCUT2D eigenvalue weighted by Gasteiger charge is 2.60. The molecule has 8 heteroatoms. The summed E-state index contributed by atoms with van der Waals surface area (Å²) < 4.78 is 2.56. The van der Waals surface area contributed by atoms with E-state index in [0.29, 0.717) is 16.3 Å². The average molecular weight is 558 g/mol. The van der Waals surface area contributed by atoms with E-state index >= 15 is 0 Å². The predicted octanol–water partition coefficient (Wildman–Crippen LogP) is 6.24. The number of nitrogens with zero attached hydrogens (tertiary/aromatic N) is 2. The third-order valence-electron chi connectivity index (χ3n) is 5.15. The maximum absolute atomic E-state index is 13.7. The van der Waals surface area contributed by atoms with Crippen molar-refractivity contribution in [2.24, 2.45) is 0 Å². The second-order valence-corrected chi connectivity index (χ2v) is 9.95. The average Bonchev–Trinajstić information content (AvgIpc) is 3.29. The molecule has 1 aliphatic rings. The second-order valence-electron chi connectivity index (χ2n) is 7.03. The highest BCUT2D eigenvalue weighted by molar-refractivity contribution is 9.10. The summed E-state index contributed by atoms with van der Waals surface area (Å²) in [7, 11) is 0. The number of fused-ring (bicyclic) bond motifs is 1. The Morgan fingerprint density at radius 3 is 2.00 bits per heavy atom. The number of hydrogen-bond donors (Lipinski definition) is 1. The molecule has 31 heavy (non-hydrogen) atoms. The van der Waals surface area contributed by atoms with E-state index in [4.69, 9.17) is 0 Å². The number of aliphatic hydroxyl groups is 1. The van der Waals surface area contributed by atoms with Gasteiger partial charge in [0, 0.05) is 19.3 Å². The Bertz CT molecular complexity index is 1290. The molecule has 3 aromatic carbocycles. The van der Waals surface area contributed by atoms with Crippen LogP contribution in [0.5, 0.6) is 0 Å². The van der Waals surface area contributed by atoms with Crippen LogP contribution >= 0.6 is 43.2 Å². The van der Waals surface area contributed by atoms with Crippen LogP contribution in [0.15, 0.2) is 87.8 Å². The van der Waals surface area contributed by atoms with Crippen LogP contribution < -0.4 is 9.80 Å². The molecule has 0 radical (unpaired) electrons. The van der Waals surface area contributed by atoms with Gasteiger partial charge in [-0.05, 0) is 66.0 Å². The summed E-state index contributed by atoms with van der Waals surface area (Å²) in [5.41, 5.74) is -1.36. The molecule has 1 atom stereocenters. The molecule has 5 nitrogen and oxygen atoms in total. The van der Waals surface area contributed by atoms with Gasteiger partial charge in [-0.25, -0.2) is 9.69 Å². The molecule has 0 bridgehead atoms. The van der Waals surface area contributed by atoms with Crippen LogP contribution in [0.1, 0.15) is 4.88 Å². The fraction of sp³-hybridized carbons (Fsp3) is 0.0435. The number of benzene rings is 3. The van der Waals surface area contributed by atoms with Crippen molar-refractivity contribution in [3.63, 3.8) is 0 Å². The maximum Gasteiger partial charge on any atom is 0.339 e. The third kappa shape index (κ3) is 3.22. The largest absolute Gasteiger partial charge is 0.358 e. The zero-order valence-electron chi connectivity index (χ0n) is 15.8. The highest BCUT2D eigenvalue weighted by Crippen LogP contribution is 2.44. The molecular weight excluding hydrogens is 544 g/mol. The lowest BCUT2D eigenvalue weighted by Gasteiger charge is -2.29. The summed E-state index contributed by atoms with van der Waals surface area (Å²) in [6.07, 6.45) is 0. The van der Waals surface area contributed by atoms with E-state index in [0.717, 1.165) is 28.8 Å². The van der Waals surface area contributed by atoms with Gasteiger partial charge in [0.2, 0.25) is 0 Å². The SMILES string of the molecule is O=C1N(c2ccc(Br)cc2)C(=O)C(O)(c2cc3ccccc3s2)N1c1ccc(Br)cc1. The summed E-state index contributed by atoms with van der Waals surface area (Å²) >= 11 is 8.05. The monoisotopic (exact) mass is 556 g/mol. The molecule has 1 unspecified atom stereocenters. The first kappa shape index (κ1) is 20.4. The number of urea groups is 1. The minimum atomic E-state index is -2.17. The van der Waals surface area contributed by atoms with Gasteiger partial charge < -0.3 is 5.11 Å². The van der Waals surface area contributed by atoms with E-state index in [-0.39, 0.29) is 0 Å². The van der Waals surface area contributed by atoms with Crippen LogP contribution in [0.4, 0.5) is 16.2 Å². The van der Waals surface area contributed by atoms with Gasteiger partial charge in [-0.15, -0.1) is 11.3 Å². The van der Waals surface area contributed by atoms with Crippen molar-refractivity contribution in [1.82, 2.24) is 0 Å². The number of carbonyl (C=O) groups excluding carboxylic acids is 2. The Morgan fingerprint density at radius 2 is 1.39 bits per heavy atom. The number of carbonyl (C=O) groups is 2. The first-order valence-corrected chi connectivity index (χ1v) is 11.7. The first-order chi connectivity index (χ1) is 14.9. The molecule has 0 saturated carbocycles. The van der Waals surface area contributed by atoms with Crippen LogP contribution in [0.25, 0.3) is 10.1 Å². The molecule has 3 amide bonds. The van der Waals surface area contributed by atoms with Crippen LogP contribution in [0, 0.1) is 0 Å². The quantitative estimate of drug-likeness (QED) is 0.303. The van der Waals surface area contributed by atoms with Gasteiger partial charge in [0.1, 0.15) is 0 Å². The molecule has 0 spiro atoms. The summed E-state index contributed by atoms with van der Waals surface area (Å²) in [6, 6.07) is 22.5. The van der Waals surface area contributed by atoms with Crippen molar-refractivity contribution in [2.45, 2.75) is 5.72 Å². The standard InChI is InChI=1S/C23H14Br2N2O3S/c24-15-5-9-17(10-6-15)26-21(28)23(30,20-13-14-3-1-2-4-19(14)31-20)27(22(26)29)18-11-7-16(25)8-12-18/h1-13,30H. The zero-order chi connectivity index (χ0) is 21.8. The lowest BCUT2D eigenvalue weighted by molar-refractivity contribution is -0.133. The van der Waals surface area contributed by atoms with E-state index in [2.05, 4.69) is 31.9 Å². The number of halogens is 2. The van der Waals surface area contributed by atoms with E-state index in [1.54, 1.807) is 54.6 Å². The van der Waals surface area contributed by atoms with Crippen molar-refractivity contribution >= 4 is 76.6 Å². The van der Waals surface area contributed by atoms with Gasteiger partial charge >= 0.3 is 6.03 Å². The van der Waals surface area contributed by atoms with Crippen molar-refractivity contribution in [2.75, 3.05) is 9.80 Å². The van der Waals surface area contributed by atoms with Crippen LogP contribution in [-0.2, 0) is 10.5 Å². The third-order valence-corrected chi connectivity index (χ3v) is 7.42.